The van der Waals surface area contributed by atoms with Gasteiger partial charge in [-0.05, 0) is 89.0 Å². The van der Waals surface area contributed by atoms with Gasteiger partial charge in [-0.2, -0.15) is 0 Å². The fraction of sp³-hybridized carbons (Fsp3) is 0. The molecule has 3 nitrogen and oxygen atoms in total. The van der Waals surface area contributed by atoms with Crippen LogP contribution in [0.2, 0.25) is 0 Å². The molecule has 12 aromatic rings. The van der Waals surface area contributed by atoms with Gasteiger partial charge in [0.15, 0.2) is 0 Å². The molecule has 0 bridgehead atoms. The van der Waals surface area contributed by atoms with Crippen LogP contribution in [-0.2, 0) is 0 Å². The SMILES string of the molecule is c1ccc(N(c2ccc(-n3c4ccccc4c4cc5ccc6c7cccc8c9ccccc9n(c6c5cc43)c87)cc2)c2ccc3ccccc3c2)cc1. The molecular weight excluding hydrogens is 643 g/mol. The predicted octanol–water partition coefficient (Wildman–Crippen LogP) is 13.7. The van der Waals surface area contributed by atoms with Gasteiger partial charge in [0.1, 0.15) is 0 Å². The van der Waals surface area contributed by atoms with Crippen molar-refractivity contribution in [1.29, 1.82) is 0 Å². The molecule has 3 heteroatoms. The van der Waals surface area contributed by atoms with Crippen LogP contribution in [0.3, 0.4) is 0 Å². The van der Waals surface area contributed by atoms with Gasteiger partial charge in [0.05, 0.1) is 27.6 Å². The van der Waals surface area contributed by atoms with Gasteiger partial charge >= 0.3 is 0 Å². The topological polar surface area (TPSA) is 12.6 Å². The Kier molecular flexibility index (Phi) is 5.77. The molecule has 0 saturated heterocycles. The van der Waals surface area contributed by atoms with Gasteiger partial charge in [0.2, 0.25) is 0 Å². The molecule has 0 amide bonds. The molecular formula is C50H31N3. The summed E-state index contributed by atoms with van der Waals surface area (Å²) in [5.74, 6) is 0. The van der Waals surface area contributed by atoms with Gasteiger partial charge < -0.3 is 13.9 Å². The van der Waals surface area contributed by atoms with Gasteiger partial charge in [-0.1, -0.05) is 115 Å². The van der Waals surface area contributed by atoms with E-state index in [1.54, 1.807) is 0 Å². The normalized spacial score (nSPS) is 12.2. The molecule has 0 spiro atoms. The molecule has 3 heterocycles. The maximum absolute atomic E-state index is 2.51. The molecule has 0 saturated carbocycles. The Morgan fingerprint density at radius 1 is 0.302 bits per heavy atom. The second kappa shape index (κ2) is 10.7. The second-order valence-electron chi connectivity index (χ2n) is 14.2. The van der Waals surface area contributed by atoms with E-state index in [1.807, 2.05) is 0 Å². The second-order valence-corrected chi connectivity index (χ2v) is 14.2. The Balaban J connectivity index is 1.10. The highest BCUT2D eigenvalue weighted by atomic mass is 15.1. The highest BCUT2D eigenvalue weighted by Crippen LogP contribution is 2.44. The average molecular weight is 674 g/mol. The lowest BCUT2D eigenvalue weighted by Crippen LogP contribution is -2.10. The van der Waals surface area contributed by atoms with Gasteiger partial charge in [0.25, 0.3) is 0 Å². The van der Waals surface area contributed by atoms with Crippen molar-refractivity contribution in [2.45, 2.75) is 0 Å². The van der Waals surface area contributed by atoms with Crippen LogP contribution in [-0.4, -0.2) is 8.97 Å². The fourth-order valence-corrected chi connectivity index (χ4v) is 9.07. The Bertz CT molecular complexity index is 3390. The molecule has 3 aromatic heterocycles. The highest BCUT2D eigenvalue weighted by Gasteiger charge is 2.21. The largest absolute Gasteiger partial charge is 0.310 e. The first kappa shape index (κ1) is 28.6. The highest BCUT2D eigenvalue weighted by molar-refractivity contribution is 6.28. The quantitative estimate of drug-likeness (QED) is 0.181. The molecule has 0 fully saturated rings. The number of hydrogen-bond acceptors (Lipinski definition) is 1. The maximum Gasteiger partial charge on any atom is 0.0620 e. The van der Waals surface area contributed by atoms with Crippen LogP contribution < -0.4 is 4.90 Å². The maximum atomic E-state index is 2.51. The van der Waals surface area contributed by atoms with E-state index in [0.29, 0.717) is 0 Å². The lowest BCUT2D eigenvalue weighted by molar-refractivity contribution is 1.17. The van der Waals surface area contributed by atoms with E-state index in [9.17, 15) is 0 Å². The van der Waals surface area contributed by atoms with Gasteiger partial charge in [-0.3, -0.25) is 0 Å². The summed E-state index contributed by atoms with van der Waals surface area (Å²) in [6.07, 6.45) is 0. The summed E-state index contributed by atoms with van der Waals surface area (Å²) in [6, 6.07) is 68.9. The van der Waals surface area contributed by atoms with Gasteiger partial charge in [-0.15, -0.1) is 0 Å². The van der Waals surface area contributed by atoms with Crippen molar-refractivity contribution in [3.8, 4) is 5.69 Å². The Morgan fingerprint density at radius 3 is 1.72 bits per heavy atom. The summed E-state index contributed by atoms with van der Waals surface area (Å²) >= 11 is 0. The van der Waals surface area contributed by atoms with E-state index >= 15 is 0 Å². The first-order valence-electron chi connectivity index (χ1n) is 18.3. The molecule has 0 aliphatic rings. The Labute approximate surface area is 305 Å². The lowest BCUT2D eigenvalue weighted by Gasteiger charge is -2.26. The van der Waals surface area contributed by atoms with Crippen LogP contribution in [0.1, 0.15) is 0 Å². The van der Waals surface area contributed by atoms with Gasteiger partial charge in [-0.25, -0.2) is 0 Å². The number of para-hydroxylation sites is 4. The fourth-order valence-electron chi connectivity index (χ4n) is 9.07. The Hall–Kier alpha value is -7.10. The number of rotatable bonds is 4. The van der Waals surface area contributed by atoms with E-state index in [1.165, 1.54) is 81.4 Å². The van der Waals surface area contributed by atoms with Crippen molar-refractivity contribution in [2.24, 2.45) is 0 Å². The minimum absolute atomic E-state index is 1.11. The number of fused-ring (bicyclic) bond motifs is 12. The number of aromatic nitrogens is 2. The average Bonchev–Trinajstić information content (AvgIpc) is 3.86. The van der Waals surface area contributed by atoms with Crippen molar-refractivity contribution in [3.63, 3.8) is 0 Å². The molecule has 246 valence electrons. The van der Waals surface area contributed by atoms with Crippen LogP contribution in [0.5, 0.6) is 0 Å². The first-order valence-corrected chi connectivity index (χ1v) is 18.3. The van der Waals surface area contributed by atoms with Crippen LogP contribution in [0.25, 0.3) is 87.1 Å². The summed E-state index contributed by atoms with van der Waals surface area (Å²) in [5, 5.41) is 12.7. The van der Waals surface area contributed by atoms with Crippen molar-refractivity contribution >= 4 is 98.5 Å². The molecule has 0 aliphatic carbocycles. The zero-order chi connectivity index (χ0) is 34.6. The van der Waals surface area contributed by atoms with Crippen LogP contribution in [0, 0.1) is 0 Å². The van der Waals surface area contributed by atoms with E-state index < -0.39 is 0 Å². The smallest absolute Gasteiger partial charge is 0.0620 e. The summed E-state index contributed by atoms with van der Waals surface area (Å²) in [7, 11) is 0. The third-order valence-corrected chi connectivity index (χ3v) is 11.4. The standard InChI is InChI=1S/C50H31N3/c1-2-13-35(14-3-1)51(38-23-21-32-11-4-5-12-33(32)29-38)36-24-26-37(27-25-36)52-46-19-8-7-16-40(46)45-30-34-22-28-43-42-18-10-17-41-39-15-6-9-20-47(39)53(49(41)42)50(43)44(34)31-48(45)52/h1-31H. The summed E-state index contributed by atoms with van der Waals surface area (Å²) < 4.78 is 4.96. The molecule has 0 radical (unpaired) electrons. The van der Waals surface area contributed by atoms with E-state index in [2.05, 4.69) is 202 Å². The minimum Gasteiger partial charge on any atom is -0.310 e. The Morgan fingerprint density at radius 2 is 0.887 bits per heavy atom. The number of hydrogen-bond donors (Lipinski definition) is 0. The van der Waals surface area contributed by atoms with Crippen LogP contribution in [0.15, 0.2) is 188 Å². The van der Waals surface area contributed by atoms with Crippen molar-refractivity contribution in [3.05, 3.63) is 188 Å². The van der Waals surface area contributed by atoms with Crippen molar-refractivity contribution < 1.29 is 0 Å². The number of nitrogens with zero attached hydrogens (tertiary/aromatic N) is 3. The lowest BCUT2D eigenvalue weighted by atomic mass is 10.0. The molecule has 0 unspecified atom stereocenters. The summed E-state index contributed by atoms with van der Waals surface area (Å²) in [6.45, 7) is 0. The molecule has 12 rings (SSSR count). The first-order chi connectivity index (χ1) is 26.3. The molecule has 0 aliphatic heterocycles. The summed E-state index contributed by atoms with van der Waals surface area (Å²) in [5.41, 5.74) is 10.8. The van der Waals surface area contributed by atoms with Crippen LogP contribution >= 0.6 is 0 Å². The third-order valence-electron chi connectivity index (χ3n) is 11.4. The number of benzene rings is 9. The van der Waals surface area contributed by atoms with Crippen LogP contribution in [0.4, 0.5) is 17.1 Å². The monoisotopic (exact) mass is 673 g/mol. The van der Waals surface area contributed by atoms with E-state index in [-0.39, 0.29) is 0 Å². The zero-order valence-corrected chi connectivity index (χ0v) is 28.7. The zero-order valence-electron chi connectivity index (χ0n) is 28.7. The van der Waals surface area contributed by atoms with E-state index in [4.69, 9.17) is 0 Å². The van der Waals surface area contributed by atoms with Crippen molar-refractivity contribution in [2.75, 3.05) is 4.90 Å². The molecule has 0 N–H and O–H groups in total. The predicted molar refractivity (Wildman–Crippen MR) is 225 cm³/mol. The van der Waals surface area contributed by atoms with Gasteiger partial charge in [0, 0.05) is 60.5 Å². The molecule has 53 heavy (non-hydrogen) atoms. The van der Waals surface area contributed by atoms with Crippen molar-refractivity contribution in [1.82, 2.24) is 8.97 Å². The molecule has 0 atom stereocenters. The minimum atomic E-state index is 1.11. The van der Waals surface area contributed by atoms with E-state index in [0.717, 1.165) is 22.7 Å². The summed E-state index contributed by atoms with van der Waals surface area (Å²) in [4.78, 5) is 2.35. The third kappa shape index (κ3) is 3.99. The molecule has 9 aromatic carbocycles. The number of anilines is 3.